The van der Waals surface area contributed by atoms with Crippen molar-refractivity contribution in [1.29, 1.82) is 0 Å². The molecule has 0 radical (unpaired) electrons. The van der Waals surface area contributed by atoms with Gasteiger partial charge in [-0.05, 0) is 58.3 Å². The van der Waals surface area contributed by atoms with E-state index in [0.717, 1.165) is 12.6 Å². The van der Waals surface area contributed by atoms with Crippen LogP contribution in [-0.2, 0) is 0 Å². The molecule has 1 aliphatic heterocycles. The van der Waals surface area contributed by atoms with Crippen molar-refractivity contribution in [2.24, 2.45) is 11.1 Å². The summed E-state index contributed by atoms with van der Waals surface area (Å²) in [7, 11) is 4.58. The summed E-state index contributed by atoms with van der Waals surface area (Å²) in [5.74, 6) is 0. The number of likely N-dealkylation sites (tertiary alicyclic amines) is 1. The summed E-state index contributed by atoms with van der Waals surface area (Å²) < 4.78 is 0. The second-order valence-electron chi connectivity index (χ2n) is 7.47. The average Bonchev–Trinajstić information content (AvgIpc) is 2.39. The van der Waals surface area contributed by atoms with Crippen LogP contribution in [0.2, 0.25) is 0 Å². The first-order chi connectivity index (χ1) is 8.93. The standard InChI is InChI=1S/C16H33N3/c1-15(2)9-5-6-10-16(15,13-17)19(4)14-7-11-18(3)12-8-14/h14H,5-13,17H2,1-4H3. The van der Waals surface area contributed by atoms with Gasteiger partial charge in [0.1, 0.15) is 0 Å². The molecule has 2 rings (SSSR count). The molecular weight excluding hydrogens is 234 g/mol. The van der Waals surface area contributed by atoms with Gasteiger partial charge in [-0.2, -0.15) is 0 Å². The van der Waals surface area contributed by atoms with E-state index in [1.54, 1.807) is 0 Å². The van der Waals surface area contributed by atoms with Crippen molar-refractivity contribution in [1.82, 2.24) is 9.80 Å². The summed E-state index contributed by atoms with van der Waals surface area (Å²) in [5.41, 5.74) is 6.86. The predicted molar refractivity (Wildman–Crippen MR) is 82.3 cm³/mol. The minimum absolute atomic E-state index is 0.214. The van der Waals surface area contributed by atoms with Crippen molar-refractivity contribution in [3.05, 3.63) is 0 Å². The van der Waals surface area contributed by atoms with Gasteiger partial charge in [0, 0.05) is 18.1 Å². The topological polar surface area (TPSA) is 32.5 Å². The van der Waals surface area contributed by atoms with Crippen LogP contribution < -0.4 is 5.73 Å². The third kappa shape index (κ3) is 2.70. The normalized spacial score (nSPS) is 33.8. The molecule has 1 unspecified atom stereocenters. The molecule has 0 spiro atoms. The maximum absolute atomic E-state index is 6.30. The minimum atomic E-state index is 0.214. The summed E-state index contributed by atoms with van der Waals surface area (Å²) in [6.07, 6.45) is 7.91. The Hall–Kier alpha value is -0.120. The van der Waals surface area contributed by atoms with Crippen LogP contribution >= 0.6 is 0 Å². The lowest BCUT2D eigenvalue weighted by Gasteiger charge is -2.57. The average molecular weight is 267 g/mol. The Morgan fingerprint density at radius 3 is 2.26 bits per heavy atom. The Bertz CT molecular complexity index is 294. The molecule has 3 nitrogen and oxygen atoms in total. The fourth-order valence-electron chi connectivity index (χ4n) is 4.46. The van der Waals surface area contributed by atoms with Crippen LogP contribution in [0, 0.1) is 5.41 Å². The van der Waals surface area contributed by atoms with Crippen molar-refractivity contribution in [2.75, 3.05) is 33.7 Å². The smallest absolute Gasteiger partial charge is 0.0382 e. The molecule has 0 aromatic heterocycles. The van der Waals surface area contributed by atoms with E-state index in [9.17, 15) is 0 Å². The molecule has 112 valence electrons. The molecule has 0 amide bonds. The molecule has 2 aliphatic rings. The highest BCUT2D eigenvalue weighted by atomic mass is 15.2. The van der Waals surface area contributed by atoms with E-state index in [1.165, 1.54) is 51.6 Å². The first-order valence-electron chi connectivity index (χ1n) is 8.04. The van der Waals surface area contributed by atoms with Crippen LogP contribution in [0.4, 0.5) is 0 Å². The van der Waals surface area contributed by atoms with Crippen molar-refractivity contribution < 1.29 is 0 Å². The zero-order chi connectivity index (χ0) is 14.1. The minimum Gasteiger partial charge on any atom is -0.329 e. The van der Waals surface area contributed by atoms with Gasteiger partial charge in [-0.3, -0.25) is 4.90 Å². The van der Waals surface area contributed by atoms with Crippen LogP contribution in [0.15, 0.2) is 0 Å². The Morgan fingerprint density at radius 2 is 1.74 bits per heavy atom. The zero-order valence-electron chi connectivity index (χ0n) is 13.4. The third-order valence-electron chi connectivity index (χ3n) is 6.15. The monoisotopic (exact) mass is 267 g/mol. The van der Waals surface area contributed by atoms with Gasteiger partial charge in [-0.1, -0.05) is 26.7 Å². The van der Waals surface area contributed by atoms with E-state index >= 15 is 0 Å². The second-order valence-corrected chi connectivity index (χ2v) is 7.47. The van der Waals surface area contributed by atoms with Gasteiger partial charge >= 0.3 is 0 Å². The molecule has 1 atom stereocenters. The van der Waals surface area contributed by atoms with Gasteiger partial charge in [-0.15, -0.1) is 0 Å². The van der Waals surface area contributed by atoms with Crippen molar-refractivity contribution in [3.63, 3.8) is 0 Å². The number of likely N-dealkylation sites (N-methyl/N-ethyl adjacent to an activating group) is 1. The number of hydrogen-bond acceptors (Lipinski definition) is 3. The lowest BCUT2D eigenvalue weighted by atomic mass is 9.61. The molecular formula is C16H33N3. The Balaban J connectivity index is 2.15. The van der Waals surface area contributed by atoms with Crippen molar-refractivity contribution >= 4 is 0 Å². The van der Waals surface area contributed by atoms with Crippen LogP contribution in [0.5, 0.6) is 0 Å². The van der Waals surface area contributed by atoms with Crippen LogP contribution in [0.25, 0.3) is 0 Å². The van der Waals surface area contributed by atoms with Gasteiger partial charge in [0.15, 0.2) is 0 Å². The quantitative estimate of drug-likeness (QED) is 0.852. The summed E-state index contributed by atoms with van der Waals surface area (Å²) in [4.78, 5) is 5.13. The van der Waals surface area contributed by atoms with E-state index in [0.29, 0.717) is 5.41 Å². The SMILES string of the molecule is CN1CCC(N(C)C2(CN)CCCCC2(C)C)CC1. The van der Waals surface area contributed by atoms with Crippen molar-refractivity contribution in [3.8, 4) is 0 Å². The number of hydrogen-bond donors (Lipinski definition) is 1. The first kappa shape index (κ1) is 15.3. The van der Waals surface area contributed by atoms with E-state index in [4.69, 9.17) is 5.73 Å². The predicted octanol–water partition coefficient (Wildman–Crippen LogP) is 2.31. The summed E-state index contributed by atoms with van der Waals surface area (Å²) >= 11 is 0. The zero-order valence-corrected chi connectivity index (χ0v) is 13.4. The molecule has 0 aromatic rings. The largest absolute Gasteiger partial charge is 0.329 e. The molecule has 19 heavy (non-hydrogen) atoms. The lowest BCUT2D eigenvalue weighted by molar-refractivity contribution is -0.0624. The third-order valence-corrected chi connectivity index (χ3v) is 6.15. The van der Waals surface area contributed by atoms with Gasteiger partial charge in [0.2, 0.25) is 0 Å². The highest BCUT2D eigenvalue weighted by molar-refractivity contribution is 5.06. The van der Waals surface area contributed by atoms with Gasteiger partial charge in [0.05, 0.1) is 0 Å². The number of nitrogens with zero attached hydrogens (tertiary/aromatic N) is 2. The maximum atomic E-state index is 6.30. The van der Waals surface area contributed by atoms with Gasteiger partial charge < -0.3 is 10.6 Å². The van der Waals surface area contributed by atoms with E-state index in [2.05, 4.69) is 37.7 Å². The molecule has 0 aromatic carbocycles. The first-order valence-corrected chi connectivity index (χ1v) is 8.04. The second kappa shape index (κ2) is 5.71. The van der Waals surface area contributed by atoms with Crippen LogP contribution in [0.3, 0.4) is 0 Å². The number of piperidine rings is 1. The maximum Gasteiger partial charge on any atom is 0.0382 e. The highest BCUT2D eigenvalue weighted by Gasteiger charge is 2.50. The van der Waals surface area contributed by atoms with E-state index < -0.39 is 0 Å². The van der Waals surface area contributed by atoms with E-state index in [-0.39, 0.29) is 5.54 Å². The fourth-order valence-corrected chi connectivity index (χ4v) is 4.46. The van der Waals surface area contributed by atoms with Crippen LogP contribution in [-0.4, -0.2) is 55.1 Å². The summed E-state index contributed by atoms with van der Waals surface area (Å²) in [5, 5.41) is 0. The number of nitrogens with two attached hydrogens (primary N) is 1. The lowest BCUT2D eigenvalue weighted by Crippen LogP contribution is -2.65. The van der Waals surface area contributed by atoms with Crippen molar-refractivity contribution in [2.45, 2.75) is 64.0 Å². The highest BCUT2D eigenvalue weighted by Crippen LogP contribution is 2.47. The number of rotatable bonds is 3. The molecule has 3 heteroatoms. The van der Waals surface area contributed by atoms with Gasteiger partial charge in [-0.25, -0.2) is 0 Å². The Labute approximate surface area is 119 Å². The Kier molecular flexibility index (Phi) is 4.59. The van der Waals surface area contributed by atoms with E-state index in [1.807, 2.05) is 0 Å². The molecule has 1 saturated carbocycles. The fraction of sp³-hybridized carbons (Fsp3) is 1.00. The van der Waals surface area contributed by atoms with Crippen LogP contribution in [0.1, 0.15) is 52.4 Å². The molecule has 1 saturated heterocycles. The molecule has 0 bridgehead atoms. The molecule has 2 fully saturated rings. The summed E-state index contributed by atoms with van der Waals surface area (Å²) in [6, 6.07) is 0.720. The summed E-state index contributed by atoms with van der Waals surface area (Å²) in [6.45, 7) is 8.14. The molecule has 2 N–H and O–H groups in total. The molecule has 1 aliphatic carbocycles. The molecule has 1 heterocycles. The Morgan fingerprint density at radius 1 is 1.16 bits per heavy atom. The van der Waals surface area contributed by atoms with Gasteiger partial charge in [0.25, 0.3) is 0 Å².